The van der Waals surface area contributed by atoms with E-state index >= 15 is 0 Å². The van der Waals surface area contributed by atoms with Gasteiger partial charge in [-0.2, -0.15) is 0 Å². The molecule has 1 aromatic heterocycles. The van der Waals surface area contributed by atoms with Gasteiger partial charge in [-0.15, -0.1) is 0 Å². The van der Waals surface area contributed by atoms with Crippen LogP contribution in [0.5, 0.6) is 0 Å². The van der Waals surface area contributed by atoms with Crippen molar-refractivity contribution in [3.8, 4) is 11.3 Å². The fourth-order valence-electron chi connectivity index (χ4n) is 3.52. The van der Waals surface area contributed by atoms with Gasteiger partial charge in [-0.05, 0) is 29.8 Å². The molecule has 2 N–H and O–H groups in total. The zero-order valence-corrected chi connectivity index (χ0v) is 21.6. The minimum atomic E-state index is -0.844. The van der Waals surface area contributed by atoms with E-state index in [4.69, 9.17) is 27.1 Å². The number of amides is 1. The number of furan rings is 1. The Morgan fingerprint density at radius 2 is 1.84 bits per heavy atom. The number of nitrogens with zero attached hydrogens (tertiary/aromatic N) is 1. The molecule has 1 saturated heterocycles. The lowest BCUT2D eigenvalue weighted by molar-refractivity contribution is -0.142. The lowest BCUT2D eigenvalue weighted by atomic mass is 10.1. The Morgan fingerprint density at radius 1 is 1.11 bits per heavy atom. The van der Waals surface area contributed by atoms with Crippen LogP contribution in [0.15, 0.2) is 76.1 Å². The zero-order chi connectivity index (χ0) is 26.4. The van der Waals surface area contributed by atoms with Crippen LogP contribution in [0.3, 0.4) is 0 Å². The van der Waals surface area contributed by atoms with E-state index in [1.165, 1.54) is 18.9 Å². The Bertz CT molecular complexity index is 1330. The van der Waals surface area contributed by atoms with Gasteiger partial charge >= 0.3 is 11.9 Å². The molecule has 3 aromatic rings. The smallest absolute Gasteiger partial charge is 0.338 e. The Labute approximate surface area is 223 Å². The highest BCUT2D eigenvalue weighted by Gasteiger charge is 2.32. The summed E-state index contributed by atoms with van der Waals surface area (Å²) >= 11 is 6.65. The van der Waals surface area contributed by atoms with Crippen LogP contribution in [0.4, 0.5) is 0 Å². The second-order valence-electron chi connectivity index (χ2n) is 8.09. The van der Waals surface area contributed by atoms with Crippen LogP contribution in [-0.4, -0.2) is 46.8 Å². The van der Waals surface area contributed by atoms with Crippen LogP contribution in [-0.2, 0) is 25.6 Å². The minimum Gasteiger partial charge on any atom is -0.468 e. The first-order chi connectivity index (χ1) is 17.9. The number of carbonyl (C=O) groups is 3. The van der Waals surface area contributed by atoms with Gasteiger partial charge in [-0.1, -0.05) is 66.4 Å². The summed E-state index contributed by atoms with van der Waals surface area (Å²) in [5.74, 6) is -0.152. The average molecular weight is 537 g/mol. The predicted molar refractivity (Wildman–Crippen MR) is 144 cm³/mol. The van der Waals surface area contributed by atoms with Gasteiger partial charge in [0.2, 0.25) is 0 Å². The third kappa shape index (κ3) is 6.53. The van der Waals surface area contributed by atoms with E-state index in [0.717, 1.165) is 11.1 Å². The number of benzene rings is 2. The predicted octanol–water partition coefficient (Wildman–Crippen LogP) is 4.40. The molecule has 1 aliphatic rings. The fourth-order valence-corrected chi connectivity index (χ4v) is 4.75. The van der Waals surface area contributed by atoms with E-state index in [9.17, 15) is 14.4 Å². The molecular formula is C27H24N2O6S2. The number of thiocarbonyl (C=S) groups is 1. The molecule has 1 aliphatic heterocycles. The molecule has 0 spiro atoms. The third-order valence-electron chi connectivity index (χ3n) is 5.53. The normalized spacial score (nSPS) is 15.2. The Hall–Kier alpha value is -3.73. The van der Waals surface area contributed by atoms with E-state index in [0.29, 0.717) is 32.9 Å². The molecule has 0 aliphatic carbocycles. The number of carbonyl (C=O) groups excluding carboxylic acids is 3. The van der Waals surface area contributed by atoms with Gasteiger partial charge < -0.3 is 19.6 Å². The van der Waals surface area contributed by atoms with E-state index in [1.807, 2.05) is 30.3 Å². The Balaban J connectivity index is 1.37. The first kappa shape index (κ1) is 26.3. The van der Waals surface area contributed by atoms with Crippen LogP contribution < -0.4 is 5.73 Å². The minimum absolute atomic E-state index is 0.00396. The van der Waals surface area contributed by atoms with Gasteiger partial charge in [-0.3, -0.25) is 14.5 Å². The first-order valence-corrected chi connectivity index (χ1v) is 12.6. The number of hydrogen-bond acceptors (Lipinski definition) is 9. The highest BCUT2D eigenvalue weighted by molar-refractivity contribution is 8.26. The monoisotopic (exact) mass is 536 g/mol. The lowest BCUT2D eigenvalue weighted by Crippen LogP contribution is -2.33. The molecule has 1 fully saturated rings. The van der Waals surface area contributed by atoms with Crippen LogP contribution >= 0.6 is 24.0 Å². The summed E-state index contributed by atoms with van der Waals surface area (Å²) in [7, 11) is 1.25. The molecule has 1 unspecified atom stereocenters. The Morgan fingerprint density at radius 3 is 2.54 bits per heavy atom. The number of esters is 2. The quantitative estimate of drug-likeness (QED) is 0.242. The van der Waals surface area contributed by atoms with Crippen LogP contribution in [0, 0.1) is 0 Å². The maximum absolute atomic E-state index is 12.9. The summed E-state index contributed by atoms with van der Waals surface area (Å²) in [5, 5.41) is 0. The molecule has 0 bridgehead atoms. The van der Waals surface area contributed by atoms with Crippen LogP contribution in [0.2, 0.25) is 0 Å². The highest BCUT2D eigenvalue weighted by atomic mass is 32.2. The zero-order valence-electron chi connectivity index (χ0n) is 19.9. The number of nitrogens with two attached hydrogens (primary N) is 1. The van der Waals surface area contributed by atoms with E-state index in [2.05, 4.69) is 4.74 Å². The van der Waals surface area contributed by atoms with Gasteiger partial charge in [0.25, 0.3) is 5.91 Å². The topological polar surface area (TPSA) is 112 Å². The van der Waals surface area contributed by atoms with Crippen molar-refractivity contribution in [1.29, 1.82) is 0 Å². The molecule has 0 radical (unpaired) electrons. The summed E-state index contributed by atoms with van der Waals surface area (Å²) in [4.78, 5) is 38.5. The van der Waals surface area contributed by atoms with Crippen molar-refractivity contribution in [2.45, 2.75) is 19.0 Å². The number of ether oxygens (including phenoxy) is 2. The Kier molecular flexibility index (Phi) is 8.54. The van der Waals surface area contributed by atoms with Crippen molar-refractivity contribution in [2.75, 3.05) is 13.7 Å². The van der Waals surface area contributed by atoms with Crippen molar-refractivity contribution in [2.24, 2.45) is 5.73 Å². The van der Waals surface area contributed by atoms with Gasteiger partial charge in [0.05, 0.1) is 30.7 Å². The maximum atomic E-state index is 12.9. The largest absolute Gasteiger partial charge is 0.468 e. The summed E-state index contributed by atoms with van der Waals surface area (Å²) in [6.45, 7) is 0.412. The molecule has 2 heterocycles. The van der Waals surface area contributed by atoms with Crippen molar-refractivity contribution >= 4 is 52.2 Å². The average Bonchev–Trinajstić information content (AvgIpc) is 3.49. The van der Waals surface area contributed by atoms with Crippen LogP contribution in [0.1, 0.15) is 28.1 Å². The van der Waals surface area contributed by atoms with Crippen molar-refractivity contribution in [3.05, 3.63) is 88.5 Å². The summed E-state index contributed by atoms with van der Waals surface area (Å²) < 4.78 is 16.1. The number of rotatable bonds is 9. The van der Waals surface area contributed by atoms with Gasteiger partial charge in [-0.25, -0.2) is 4.79 Å². The second kappa shape index (κ2) is 12.0. The van der Waals surface area contributed by atoms with Gasteiger partial charge in [0.1, 0.15) is 21.9 Å². The van der Waals surface area contributed by atoms with Crippen molar-refractivity contribution < 1.29 is 28.3 Å². The van der Waals surface area contributed by atoms with Crippen molar-refractivity contribution in [1.82, 2.24) is 4.90 Å². The molecule has 1 amide bonds. The summed E-state index contributed by atoms with van der Waals surface area (Å²) in [6, 6.07) is 19.1. The standard InChI is InChI=1S/C27H24N2O6S2/c1-33-26(32)21(28)13-14-34-25(31)19-9-7-18(8-10-19)22-12-11-20(35-22)15-23-24(30)29(27(36)37-23)16-17-5-3-2-4-6-17/h2-12,15,21H,13-14,16,28H2,1H3/b23-15+. The molecule has 10 heteroatoms. The van der Waals surface area contributed by atoms with E-state index in [1.54, 1.807) is 47.4 Å². The maximum Gasteiger partial charge on any atom is 0.338 e. The van der Waals surface area contributed by atoms with Crippen molar-refractivity contribution in [3.63, 3.8) is 0 Å². The fraction of sp³-hybridized carbons (Fsp3) is 0.185. The molecular weight excluding hydrogens is 512 g/mol. The third-order valence-corrected chi connectivity index (χ3v) is 6.91. The molecule has 0 saturated carbocycles. The molecule has 1 atom stereocenters. The molecule has 8 nitrogen and oxygen atoms in total. The molecule has 2 aromatic carbocycles. The van der Waals surface area contributed by atoms with E-state index in [-0.39, 0.29) is 18.9 Å². The first-order valence-electron chi connectivity index (χ1n) is 11.4. The van der Waals surface area contributed by atoms with Gasteiger partial charge in [0.15, 0.2) is 0 Å². The second-order valence-corrected chi connectivity index (χ2v) is 9.76. The molecule has 4 rings (SSSR count). The SMILES string of the molecule is COC(=O)C(N)CCOC(=O)c1ccc(-c2ccc(/C=C3/SC(=S)N(Cc4ccccc4)C3=O)o2)cc1. The summed E-state index contributed by atoms with van der Waals surface area (Å²) in [6.07, 6.45) is 1.84. The van der Waals surface area contributed by atoms with Gasteiger partial charge in [0, 0.05) is 18.1 Å². The number of hydrogen-bond donors (Lipinski definition) is 1. The highest BCUT2D eigenvalue weighted by Crippen LogP contribution is 2.34. The number of thioether (sulfide) groups is 1. The van der Waals surface area contributed by atoms with Crippen LogP contribution in [0.25, 0.3) is 17.4 Å². The van der Waals surface area contributed by atoms with E-state index < -0.39 is 18.0 Å². The summed E-state index contributed by atoms with van der Waals surface area (Å²) in [5.41, 5.74) is 7.73. The lowest BCUT2D eigenvalue weighted by Gasteiger charge is -2.14. The molecule has 190 valence electrons. The number of methoxy groups -OCH3 is 1. The molecule has 37 heavy (non-hydrogen) atoms.